The fraction of sp³-hybridized carbons (Fsp3) is 0.615. The molecule has 1 amide bonds. The number of nitrogens with two attached hydrogens (primary N) is 1. The van der Waals surface area contributed by atoms with Crippen molar-refractivity contribution in [3.05, 3.63) is 4.88 Å². The lowest BCUT2D eigenvalue weighted by atomic mass is 10.2. The normalized spacial score (nSPS) is 18.1. The van der Waals surface area contributed by atoms with E-state index in [1.165, 1.54) is 11.3 Å². The molecule has 0 saturated carbocycles. The Morgan fingerprint density at radius 1 is 1.50 bits per heavy atom. The summed E-state index contributed by atoms with van der Waals surface area (Å²) in [6.07, 6.45) is 2.01. The van der Waals surface area contributed by atoms with E-state index in [1.54, 1.807) is 18.8 Å². The van der Waals surface area contributed by atoms with Crippen molar-refractivity contribution in [3.8, 4) is 0 Å². The summed E-state index contributed by atoms with van der Waals surface area (Å²) in [7, 11) is 1.64. The van der Waals surface area contributed by atoms with Crippen LogP contribution in [0.4, 0.5) is 10.7 Å². The number of nitrogens with zero attached hydrogens (tertiary/aromatic N) is 1. The van der Waals surface area contributed by atoms with Crippen molar-refractivity contribution in [2.24, 2.45) is 0 Å². The monoisotopic (exact) mass is 331 g/mol. The Hall–Kier alpha value is -0.530. The van der Waals surface area contributed by atoms with Gasteiger partial charge in [0.05, 0.1) is 10.6 Å². The van der Waals surface area contributed by atoms with Crippen LogP contribution >= 0.6 is 34.9 Å². The Labute approximate surface area is 132 Å². The Morgan fingerprint density at radius 2 is 2.20 bits per heavy atom. The summed E-state index contributed by atoms with van der Waals surface area (Å²) in [5, 5.41) is 3.81. The molecule has 0 unspecified atom stereocenters. The van der Waals surface area contributed by atoms with Crippen LogP contribution in [0.25, 0.3) is 0 Å². The molecule has 1 aliphatic rings. The zero-order valence-electron chi connectivity index (χ0n) is 12.3. The quantitative estimate of drug-likeness (QED) is 0.834. The van der Waals surface area contributed by atoms with E-state index in [1.807, 2.05) is 18.0 Å². The molecule has 0 bridgehead atoms. The second kappa shape index (κ2) is 6.07. The number of carbonyl (C=O) groups is 1. The van der Waals surface area contributed by atoms with Crippen molar-refractivity contribution in [1.82, 2.24) is 5.32 Å². The molecule has 0 aromatic carbocycles. The smallest absolute Gasteiger partial charge is 0.263 e. The van der Waals surface area contributed by atoms with E-state index >= 15 is 0 Å². The van der Waals surface area contributed by atoms with E-state index in [0.29, 0.717) is 10.6 Å². The van der Waals surface area contributed by atoms with E-state index < -0.39 is 0 Å². The van der Waals surface area contributed by atoms with Gasteiger partial charge in [0.1, 0.15) is 9.88 Å². The Kier molecular flexibility index (Phi) is 4.81. The summed E-state index contributed by atoms with van der Waals surface area (Å²) >= 11 is 5.13. The molecule has 1 fully saturated rings. The van der Waals surface area contributed by atoms with Gasteiger partial charge in [-0.25, -0.2) is 0 Å². The maximum absolute atomic E-state index is 11.9. The minimum absolute atomic E-state index is 0.0975. The maximum Gasteiger partial charge on any atom is 0.263 e. The summed E-state index contributed by atoms with van der Waals surface area (Å²) in [4.78, 5) is 16.0. The highest BCUT2D eigenvalue weighted by Gasteiger charge is 2.31. The van der Waals surface area contributed by atoms with Crippen molar-refractivity contribution < 1.29 is 4.79 Å². The molecule has 20 heavy (non-hydrogen) atoms. The van der Waals surface area contributed by atoms with Crippen molar-refractivity contribution in [3.63, 3.8) is 0 Å². The first-order valence-electron chi connectivity index (χ1n) is 6.47. The molecule has 4 nitrogen and oxygen atoms in total. The number of amides is 1. The Morgan fingerprint density at radius 3 is 2.75 bits per heavy atom. The number of hydrogen-bond acceptors (Lipinski definition) is 6. The zero-order valence-corrected chi connectivity index (χ0v) is 14.7. The van der Waals surface area contributed by atoms with Crippen LogP contribution in [0, 0.1) is 0 Å². The first-order chi connectivity index (χ1) is 9.39. The van der Waals surface area contributed by atoms with Crippen LogP contribution in [0.5, 0.6) is 0 Å². The summed E-state index contributed by atoms with van der Waals surface area (Å²) in [6, 6.07) is 0. The van der Waals surface area contributed by atoms with Gasteiger partial charge in [-0.15, -0.1) is 23.1 Å². The van der Waals surface area contributed by atoms with E-state index in [4.69, 9.17) is 5.73 Å². The number of hydrogen-bond donors (Lipinski definition) is 2. The fourth-order valence-electron chi connectivity index (χ4n) is 2.29. The molecular formula is C13H21N3OS3. The second-order valence-corrected chi connectivity index (χ2v) is 8.91. The molecule has 7 heteroatoms. The van der Waals surface area contributed by atoms with Gasteiger partial charge in [-0.3, -0.25) is 4.79 Å². The molecule has 3 N–H and O–H groups in total. The predicted molar refractivity (Wildman–Crippen MR) is 92.7 cm³/mol. The molecule has 1 saturated heterocycles. The van der Waals surface area contributed by atoms with Crippen LogP contribution in [-0.4, -0.2) is 42.8 Å². The van der Waals surface area contributed by atoms with Crippen LogP contribution < -0.4 is 16.0 Å². The lowest BCUT2D eigenvalue weighted by molar-refractivity contribution is 0.0968. The first-order valence-corrected chi connectivity index (χ1v) is 9.49. The standard InChI is InChI=1S/C13H21N3OS3/c1-13(2)7-16(5-6-19-13)12-10(18-4)8(14)9(20-12)11(17)15-3/h5-7,14H2,1-4H3,(H,15,17). The number of nitrogen functional groups attached to an aromatic ring is 1. The third-order valence-electron chi connectivity index (χ3n) is 3.23. The first kappa shape index (κ1) is 15.9. The average Bonchev–Trinajstić information content (AvgIpc) is 2.73. The molecule has 2 heterocycles. The molecular weight excluding hydrogens is 310 g/mol. The van der Waals surface area contributed by atoms with Gasteiger partial charge in [0.2, 0.25) is 0 Å². The molecule has 0 spiro atoms. The zero-order chi connectivity index (χ0) is 14.9. The van der Waals surface area contributed by atoms with E-state index in [2.05, 4.69) is 24.1 Å². The van der Waals surface area contributed by atoms with Crippen LogP contribution in [0.3, 0.4) is 0 Å². The predicted octanol–water partition coefficient (Wildman–Crippen LogP) is 2.74. The van der Waals surface area contributed by atoms with Crippen LogP contribution in [0.2, 0.25) is 0 Å². The molecule has 1 aliphatic heterocycles. The number of nitrogens with one attached hydrogen (secondary N) is 1. The second-order valence-electron chi connectivity index (χ2n) is 5.29. The highest BCUT2D eigenvalue weighted by atomic mass is 32.2. The van der Waals surface area contributed by atoms with Crippen molar-refractivity contribution in [2.75, 3.05) is 42.8 Å². The van der Waals surface area contributed by atoms with Crippen LogP contribution in [-0.2, 0) is 0 Å². The van der Waals surface area contributed by atoms with Gasteiger partial charge in [0.15, 0.2) is 0 Å². The van der Waals surface area contributed by atoms with Gasteiger partial charge >= 0.3 is 0 Å². The van der Waals surface area contributed by atoms with Gasteiger partial charge in [-0.2, -0.15) is 11.8 Å². The van der Waals surface area contributed by atoms with Gasteiger partial charge in [-0.1, -0.05) is 0 Å². The van der Waals surface area contributed by atoms with Crippen molar-refractivity contribution >= 4 is 51.5 Å². The largest absolute Gasteiger partial charge is 0.396 e. The molecule has 0 atom stereocenters. The van der Waals surface area contributed by atoms with Crippen molar-refractivity contribution in [2.45, 2.75) is 23.5 Å². The van der Waals surface area contributed by atoms with Gasteiger partial charge in [-0.05, 0) is 20.1 Å². The van der Waals surface area contributed by atoms with E-state index in [-0.39, 0.29) is 10.7 Å². The molecule has 1 aromatic heterocycles. The number of anilines is 2. The minimum atomic E-state index is -0.0975. The van der Waals surface area contributed by atoms with E-state index in [0.717, 1.165) is 28.7 Å². The molecule has 2 rings (SSSR count). The highest BCUT2D eigenvalue weighted by molar-refractivity contribution is 8.00. The number of thioether (sulfide) groups is 2. The SMILES string of the molecule is CNC(=O)c1sc(N2CCSC(C)(C)C2)c(SC)c1N. The van der Waals surface area contributed by atoms with Crippen LogP contribution in [0.1, 0.15) is 23.5 Å². The minimum Gasteiger partial charge on any atom is -0.396 e. The average molecular weight is 332 g/mol. The third kappa shape index (κ3) is 3.04. The molecule has 112 valence electrons. The molecule has 1 aromatic rings. The van der Waals surface area contributed by atoms with Crippen LogP contribution in [0.15, 0.2) is 4.90 Å². The number of carbonyl (C=O) groups excluding carboxylic acids is 1. The third-order valence-corrected chi connectivity index (χ3v) is 6.75. The summed E-state index contributed by atoms with van der Waals surface area (Å²) in [6.45, 7) is 6.52. The lowest BCUT2D eigenvalue weighted by Gasteiger charge is -2.38. The van der Waals surface area contributed by atoms with E-state index in [9.17, 15) is 4.79 Å². The fourth-order valence-corrected chi connectivity index (χ4v) is 5.56. The molecule has 0 aliphatic carbocycles. The summed E-state index contributed by atoms with van der Waals surface area (Å²) in [5.41, 5.74) is 6.78. The maximum atomic E-state index is 11.9. The highest BCUT2D eigenvalue weighted by Crippen LogP contribution is 2.45. The molecule has 0 radical (unpaired) electrons. The summed E-state index contributed by atoms with van der Waals surface area (Å²) < 4.78 is 0.236. The summed E-state index contributed by atoms with van der Waals surface area (Å²) in [5.74, 6) is 1.01. The Balaban J connectivity index is 2.38. The lowest BCUT2D eigenvalue weighted by Crippen LogP contribution is -2.43. The van der Waals surface area contributed by atoms with Gasteiger partial charge in [0, 0.05) is 30.6 Å². The van der Waals surface area contributed by atoms with Gasteiger partial charge < -0.3 is 16.0 Å². The van der Waals surface area contributed by atoms with Gasteiger partial charge in [0.25, 0.3) is 5.91 Å². The Bertz CT molecular complexity index is 513. The number of rotatable bonds is 3. The number of thiophene rings is 1. The van der Waals surface area contributed by atoms with Crippen molar-refractivity contribution in [1.29, 1.82) is 0 Å². The topological polar surface area (TPSA) is 58.4 Å².